The molecule has 3 rings (SSSR count). The maximum Gasteiger partial charge on any atom is 0.337 e. The number of nitrogens with zero attached hydrogens (tertiary/aromatic N) is 1. The van der Waals surface area contributed by atoms with E-state index in [1.54, 1.807) is 35.7 Å². The highest BCUT2D eigenvalue weighted by molar-refractivity contribution is 9.10. The van der Waals surface area contributed by atoms with Crippen LogP contribution in [0.4, 0.5) is 4.39 Å². The molecule has 7 heteroatoms. The summed E-state index contributed by atoms with van der Waals surface area (Å²) in [6.07, 6.45) is 0.821. The number of aryl methyl sites for hydroxylation is 1. The minimum Gasteiger partial charge on any atom is -0.478 e. The lowest BCUT2D eigenvalue weighted by Crippen LogP contribution is -2.08. The van der Waals surface area contributed by atoms with Crippen LogP contribution in [0.2, 0.25) is 0 Å². The second-order valence-corrected chi connectivity index (χ2v) is 7.72. The van der Waals surface area contributed by atoms with Crippen molar-refractivity contribution in [2.24, 2.45) is 0 Å². The second-order valence-electron chi connectivity index (χ2n) is 5.94. The van der Waals surface area contributed by atoms with Crippen molar-refractivity contribution in [2.45, 2.75) is 19.3 Å². The molecule has 0 aliphatic rings. The lowest BCUT2D eigenvalue weighted by Gasteiger charge is -2.04. The summed E-state index contributed by atoms with van der Waals surface area (Å²) in [5.74, 6) is -1.45. The summed E-state index contributed by atoms with van der Waals surface area (Å²) in [4.78, 5) is 28.9. The van der Waals surface area contributed by atoms with Crippen LogP contribution in [0.5, 0.6) is 0 Å². The van der Waals surface area contributed by atoms with Crippen molar-refractivity contribution in [2.75, 3.05) is 0 Å². The molecule has 2 heterocycles. The van der Waals surface area contributed by atoms with Crippen molar-refractivity contribution in [3.8, 4) is 11.3 Å². The molecular formula is C20H15BrFNO3S. The van der Waals surface area contributed by atoms with Gasteiger partial charge in [-0.05, 0) is 52.2 Å². The van der Waals surface area contributed by atoms with Crippen LogP contribution in [-0.4, -0.2) is 21.8 Å². The van der Waals surface area contributed by atoms with Gasteiger partial charge in [-0.1, -0.05) is 18.2 Å². The summed E-state index contributed by atoms with van der Waals surface area (Å²) >= 11 is 4.53. The summed E-state index contributed by atoms with van der Waals surface area (Å²) in [6.45, 7) is 0. The van der Waals surface area contributed by atoms with E-state index in [1.165, 1.54) is 23.5 Å². The van der Waals surface area contributed by atoms with E-state index in [-0.39, 0.29) is 30.0 Å². The Balaban J connectivity index is 1.75. The molecule has 0 saturated heterocycles. The monoisotopic (exact) mass is 447 g/mol. The van der Waals surface area contributed by atoms with Gasteiger partial charge >= 0.3 is 5.97 Å². The van der Waals surface area contributed by atoms with Crippen molar-refractivity contribution in [1.82, 2.24) is 4.98 Å². The van der Waals surface area contributed by atoms with Gasteiger partial charge in [-0.25, -0.2) is 14.2 Å². The first-order chi connectivity index (χ1) is 12.9. The molecule has 3 aromatic rings. The van der Waals surface area contributed by atoms with Crippen molar-refractivity contribution in [1.29, 1.82) is 0 Å². The number of aromatic carboxylic acids is 1. The predicted molar refractivity (Wildman–Crippen MR) is 106 cm³/mol. The van der Waals surface area contributed by atoms with Gasteiger partial charge in [-0.2, -0.15) is 0 Å². The van der Waals surface area contributed by atoms with E-state index in [4.69, 9.17) is 0 Å². The Morgan fingerprint density at radius 2 is 1.89 bits per heavy atom. The van der Waals surface area contributed by atoms with Gasteiger partial charge < -0.3 is 5.11 Å². The Bertz CT molecular complexity index is 985. The lowest BCUT2D eigenvalue weighted by molar-refractivity contribution is -0.118. The van der Waals surface area contributed by atoms with Gasteiger partial charge in [0.1, 0.15) is 16.2 Å². The minimum atomic E-state index is -1.07. The van der Waals surface area contributed by atoms with E-state index in [0.29, 0.717) is 27.2 Å². The number of carbonyl (C=O) groups excluding carboxylic acids is 1. The largest absolute Gasteiger partial charge is 0.478 e. The fourth-order valence-corrected chi connectivity index (χ4v) is 4.11. The van der Waals surface area contributed by atoms with E-state index in [1.807, 2.05) is 0 Å². The van der Waals surface area contributed by atoms with Crippen LogP contribution in [0, 0.1) is 5.82 Å². The van der Waals surface area contributed by atoms with Crippen LogP contribution in [-0.2, 0) is 17.6 Å². The molecular weight excluding hydrogens is 433 g/mol. The number of carboxylic acids is 1. The van der Waals surface area contributed by atoms with Crippen molar-refractivity contribution >= 4 is 39.0 Å². The first kappa shape index (κ1) is 19.4. The molecule has 1 aromatic carbocycles. The fraction of sp³-hybridized carbons (Fsp3) is 0.150. The number of benzene rings is 1. The molecule has 0 radical (unpaired) electrons. The molecule has 0 saturated carbocycles. The lowest BCUT2D eigenvalue weighted by atomic mass is 10.0. The third kappa shape index (κ3) is 4.87. The zero-order chi connectivity index (χ0) is 19.4. The Labute approximate surface area is 167 Å². The third-order valence-corrected chi connectivity index (χ3v) is 5.46. The van der Waals surface area contributed by atoms with Crippen LogP contribution < -0.4 is 0 Å². The zero-order valence-corrected chi connectivity index (χ0v) is 16.5. The zero-order valence-electron chi connectivity index (χ0n) is 14.1. The van der Waals surface area contributed by atoms with Gasteiger partial charge in [0.25, 0.3) is 0 Å². The predicted octanol–water partition coefficient (Wildman–Crippen LogP) is 5.15. The van der Waals surface area contributed by atoms with Crippen LogP contribution in [0.25, 0.3) is 11.3 Å². The number of thiophene rings is 1. The number of hydrogen-bond donors (Lipinski definition) is 1. The average molecular weight is 448 g/mol. The summed E-state index contributed by atoms with van der Waals surface area (Å²) in [6, 6.07) is 11.3. The van der Waals surface area contributed by atoms with Crippen molar-refractivity contribution < 1.29 is 19.1 Å². The highest BCUT2D eigenvalue weighted by Gasteiger charge is 2.22. The van der Waals surface area contributed by atoms with Gasteiger partial charge in [-0.3, -0.25) is 4.79 Å². The van der Waals surface area contributed by atoms with Gasteiger partial charge in [0.05, 0.1) is 11.3 Å². The maximum absolute atomic E-state index is 12.9. The number of pyridine rings is 1. The van der Waals surface area contributed by atoms with E-state index in [9.17, 15) is 19.1 Å². The van der Waals surface area contributed by atoms with Crippen LogP contribution in [0.1, 0.15) is 27.2 Å². The van der Waals surface area contributed by atoms with E-state index in [2.05, 4.69) is 20.9 Å². The number of aromatic nitrogens is 1. The van der Waals surface area contributed by atoms with Crippen LogP contribution >= 0.6 is 27.3 Å². The normalized spacial score (nSPS) is 10.7. The highest BCUT2D eigenvalue weighted by atomic mass is 79.9. The SMILES string of the molecule is O=C(CCc1ccc(F)cc1)Cc1scc(-c2cccc(Br)n2)c1C(=O)O. The molecule has 0 spiro atoms. The highest BCUT2D eigenvalue weighted by Crippen LogP contribution is 2.32. The first-order valence-electron chi connectivity index (χ1n) is 8.17. The average Bonchev–Trinajstić information content (AvgIpc) is 3.05. The summed E-state index contributed by atoms with van der Waals surface area (Å²) in [7, 11) is 0. The van der Waals surface area contributed by atoms with Crippen molar-refractivity contribution in [3.05, 3.63) is 74.3 Å². The van der Waals surface area contributed by atoms with E-state index >= 15 is 0 Å². The van der Waals surface area contributed by atoms with E-state index in [0.717, 1.165) is 5.56 Å². The molecule has 0 amide bonds. The number of hydrogen-bond acceptors (Lipinski definition) is 4. The number of rotatable bonds is 7. The number of halogens is 2. The number of carbonyl (C=O) groups is 2. The maximum atomic E-state index is 12.9. The van der Waals surface area contributed by atoms with Crippen LogP contribution in [0.3, 0.4) is 0 Å². The second kappa shape index (κ2) is 8.54. The van der Waals surface area contributed by atoms with Crippen LogP contribution in [0.15, 0.2) is 52.4 Å². The smallest absolute Gasteiger partial charge is 0.337 e. The fourth-order valence-electron chi connectivity index (χ4n) is 2.71. The Morgan fingerprint density at radius 3 is 2.56 bits per heavy atom. The molecule has 0 atom stereocenters. The summed E-state index contributed by atoms with van der Waals surface area (Å²) < 4.78 is 13.5. The number of carboxylic acid groups (broad SMARTS) is 1. The van der Waals surface area contributed by atoms with E-state index < -0.39 is 5.97 Å². The Hall–Kier alpha value is -2.38. The molecule has 0 fully saturated rings. The number of Topliss-reactive ketones (excluding diaryl/α,β-unsaturated/α-hetero) is 1. The topological polar surface area (TPSA) is 67.3 Å². The molecule has 0 unspecified atom stereocenters. The minimum absolute atomic E-state index is 0.0570. The van der Waals surface area contributed by atoms with Crippen molar-refractivity contribution in [3.63, 3.8) is 0 Å². The van der Waals surface area contributed by atoms with Gasteiger partial charge in [-0.15, -0.1) is 11.3 Å². The molecule has 138 valence electrons. The first-order valence-corrected chi connectivity index (χ1v) is 9.84. The third-order valence-electron chi connectivity index (χ3n) is 4.04. The van der Waals surface area contributed by atoms with Gasteiger partial charge in [0, 0.05) is 28.7 Å². The standard InChI is InChI=1S/C20H15BrFNO3S/c21-18-3-1-2-16(23-18)15-11-27-17(19(15)20(25)26)10-14(24)9-6-12-4-7-13(22)8-5-12/h1-5,7-8,11H,6,9-10H2,(H,25,26). The Morgan fingerprint density at radius 1 is 1.15 bits per heavy atom. The molecule has 0 aliphatic heterocycles. The quantitative estimate of drug-likeness (QED) is 0.508. The molecule has 2 aromatic heterocycles. The molecule has 4 nitrogen and oxygen atoms in total. The molecule has 1 N–H and O–H groups in total. The Kier molecular flexibility index (Phi) is 6.13. The summed E-state index contributed by atoms with van der Waals surface area (Å²) in [5, 5.41) is 11.4. The van der Waals surface area contributed by atoms with Gasteiger partial charge in [0.15, 0.2) is 0 Å². The summed E-state index contributed by atoms with van der Waals surface area (Å²) in [5.41, 5.74) is 2.05. The molecule has 27 heavy (non-hydrogen) atoms. The molecule has 0 aliphatic carbocycles. The number of ketones is 1. The van der Waals surface area contributed by atoms with Gasteiger partial charge in [0.2, 0.25) is 0 Å². The molecule has 0 bridgehead atoms.